The molecule has 2 aromatic carbocycles. The van der Waals surface area contributed by atoms with Crippen LogP contribution in [-0.2, 0) is 11.3 Å². The molecule has 112 valence electrons. The fourth-order valence-electron chi connectivity index (χ4n) is 2.17. The Bertz CT molecular complexity index is 530. The van der Waals surface area contributed by atoms with Gasteiger partial charge in [-0.05, 0) is 36.2 Å². The molecule has 0 aliphatic rings. The molecule has 0 aromatic heterocycles. The maximum absolute atomic E-state index is 6.09. The van der Waals surface area contributed by atoms with Gasteiger partial charge in [0.1, 0.15) is 0 Å². The Morgan fingerprint density at radius 1 is 1.10 bits per heavy atom. The van der Waals surface area contributed by atoms with Gasteiger partial charge in [0, 0.05) is 11.6 Å². The van der Waals surface area contributed by atoms with E-state index in [1.165, 1.54) is 5.56 Å². The summed E-state index contributed by atoms with van der Waals surface area (Å²) < 4.78 is 6.09. The molecule has 2 nitrogen and oxygen atoms in total. The van der Waals surface area contributed by atoms with Crippen LogP contribution in [0.1, 0.15) is 30.6 Å². The molecular formula is C18H22ClNO. The molecule has 0 bridgehead atoms. The smallest absolute Gasteiger partial charge is 0.0953 e. The van der Waals surface area contributed by atoms with E-state index in [2.05, 4.69) is 24.4 Å². The van der Waals surface area contributed by atoms with Crippen molar-refractivity contribution in [3.05, 3.63) is 70.7 Å². The first-order valence-electron chi connectivity index (χ1n) is 7.41. The summed E-state index contributed by atoms with van der Waals surface area (Å²) in [4.78, 5) is 0. The first-order valence-corrected chi connectivity index (χ1v) is 7.79. The molecule has 0 saturated heterocycles. The molecule has 2 aromatic rings. The van der Waals surface area contributed by atoms with Crippen molar-refractivity contribution in [2.45, 2.75) is 26.1 Å². The van der Waals surface area contributed by atoms with Crippen LogP contribution in [0.3, 0.4) is 0 Å². The zero-order valence-electron chi connectivity index (χ0n) is 12.4. The highest BCUT2D eigenvalue weighted by atomic mass is 35.5. The van der Waals surface area contributed by atoms with Crippen LogP contribution in [0.25, 0.3) is 0 Å². The van der Waals surface area contributed by atoms with Crippen molar-refractivity contribution in [1.29, 1.82) is 0 Å². The second-order valence-electron chi connectivity index (χ2n) is 5.04. The van der Waals surface area contributed by atoms with Crippen LogP contribution < -0.4 is 5.32 Å². The minimum Gasteiger partial charge on any atom is -0.368 e. The minimum absolute atomic E-state index is 0.0525. The van der Waals surface area contributed by atoms with Gasteiger partial charge in [-0.3, -0.25) is 0 Å². The number of benzene rings is 2. The summed E-state index contributed by atoms with van der Waals surface area (Å²) in [5, 5.41) is 4.18. The van der Waals surface area contributed by atoms with Gasteiger partial charge in [-0.15, -0.1) is 0 Å². The van der Waals surface area contributed by atoms with Gasteiger partial charge in [0.05, 0.1) is 12.7 Å². The molecule has 0 spiro atoms. The van der Waals surface area contributed by atoms with E-state index in [1.54, 1.807) is 0 Å². The lowest BCUT2D eigenvalue weighted by molar-refractivity contribution is 0.0399. The molecule has 1 unspecified atom stereocenters. The highest BCUT2D eigenvalue weighted by Crippen LogP contribution is 2.19. The monoisotopic (exact) mass is 303 g/mol. The fourth-order valence-corrected chi connectivity index (χ4v) is 2.39. The van der Waals surface area contributed by atoms with Crippen molar-refractivity contribution in [1.82, 2.24) is 5.32 Å². The summed E-state index contributed by atoms with van der Waals surface area (Å²) in [7, 11) is 0. The molecule has 0 saturated carbocycles. The zero-order valence-corrected chi connectivity index (χ0v) is 13.1. The Labute approximate surface area is 132 Å². The molecule has 3 heteroatoms. The van der Waals surface area contributed by atoms with Gasteiger partial charge < -0.3 is 10.1 Å². The molecule has 1 N–H and O–H groups in total. The number of nitrogens with one attached hydrogen (secondary N) is 1. The molecule has 21 heavy (non-hydrogen) atoms. The lowest BCUT2D eigenvalue weighted by atomic mass is 10.1. The second-order valence-corrected chi connectivity index (χ2v) is 5.48. The molecular weight excluding hydrogens is 282 g/mol. The maximum atomic E-state index is 6.09. The van der Waals surface area contributed by atoms with Gasteiger partial charge in [-0.2, -0.15) is 0 Å². The van der Waals surface area contributed by atoms with Crippen LogP contribution >= 0.6 is 11.6 Å². The van der Waals surface area contributed by atoms with Gasteiger partial charge in [0.2, 0.25) is 0 Å². The third-order valence-electron chi connectivity index (χ3n) is 3.27. The highest BCUT2D eigenvalue weighted by Gasteiger charge is 2.11. The number of rotatable bonds is 8. The lowest BCUT2D eigenvalue weighted by Crippen LogP contribution is -2.24. The van der Waals surface area contributed by atoms with Crippen LogP contribution in [0.5, 0.6) is 0 Å². The summed E-state index contributed by atoms with van der Waals surface area (Å²) in [6.07, 6.45) is 1.17. The Kier molecular flexibility index (Phi) is 6.74. The van der Waals surface area contributed by atoms with Crippen molar-refractivity contribution >= 4 is 11.6 Å². The SMILES string of the molecule is CCCNCC(OCc1cccc(Cl)c1)c1ccccc1. The van der Waals surface area contributed by atoms with E-state index < -0.39 is 0 Å². The Hall–Kier alpha value is -1.35. The van der Waals surface area contributed by atoms with Crippen LogP contribution in [0.4, 0.5) is 0 Å². The van der Waals surface area contributed by atoms with E-state index in [0.29, 0.717) is 6.61 Å². The lowest BCUT2D eigenvalue weighted by Gasteiger charge is -2.19. The Balaban J connectivity index is 1.98. The number of halogens is 1. The van der Waals surface area contributed by atoms with E-state index in [0.717, 1.165) is 30.1 Å². The van der Waals surface area contributed by atoms with Crippen molar-refractivity contribution in [3.8, 4) is 0 Å². The summed E-state index contributed by atoms with van der Waals surface area (Å²) in [5.74, 6) is 0. The van der Waals surface area contributed by atoms with Crippen LogP contribution in [0.2, 0.25) is 5.02 Å². The molecule has 1 atom stereocenters. The third-order valence-corrected chi connectivity index (χ3v) is 3.50. The summed E-state index contributed by atoms with van der Waals surface area (Å²) >= 11 is 6.01. The average molecular weight is 304 g/mol. The summed E-state index contributed by atoms with van der Waals surface area (Å²) in [6.45, 7) is 4.55. The molecule has 0 aliphatic heterocycles. The normalized spacial score (nSPS) is 12.3. The van der Waals surface area contributed by atoms with E-state index in [9.17, 15) is 0 Å². The number of hydrogen-bond donors (Lipinski definition) is 1. The highest BCUT2D eigenvalue weighted by molar-refractivity contribution is 6.30. The van der Waals surface area contributed by atoms with E-state index in [4.69, 9.17) is 16.3 Å². The van der Waals surface area contributed by atoms with Gasteiger partial charge in [-0.25, -0.2) is 0 Å². The van der Waals surface area contributed by atoms with Crippen molar-refractivity contribution in [2.75, 3.05) is 13.1 Å². The Morgan fingerprint density at radius 3 is 2.62 bits per heavy atom. The third kappa shape index (κ3) is 5.50. The maximum Gasteiger partial charge on any atom is 0.0953 e. The van der Waals surface area contributed by atoms with Crippen LogP contribution in [0.15, 0.2) is 54.6 Å². The molecule has 0 fully saturated rings. The summed E-state index contributed by atoms with van der Waals surface area (Å²) in [6, 6.07) is 18.1. The van der Waals surface area contributed by atoms with E-state index in [1.807, 2.05) is 42.5 Å². The van der Waals surface area contributed by atoms with Crippen molar-refractivity contribution < 1.29 is 4.74 Å². The van der Waals surface area contributed by atoms with E-state index in [-0.39, 0.29) is 6.10 Å². The van der Waals surface area contributed by atoms with E-state index >= 15 is 0 Å². The predicted molar refractivity (Wildman–Crippen MR) is 88.6 cm³/mol. The molecule has 0 radical (unpaired) electrons. The van der Waals surface area contributed by atoms with Gasteiger partial charge in [0.25, 0.3) is 0 Å². The minimum atomic E-state index is 0.0525. The molecule has 0 amide bonds. The van der Waals surface area contributed by atoms with Crippen molar-refractivity contribution in [3.63, 3.8) is 0 Å². The standard InChI is InChI=1S/C18H22ClNO/c1-2-11-20-13-18(16-8-4-3-5-9-16)21-14-15-7-6-10-17(19)12-15/h3-10,12,18,20H,2,11,13-14H2,1H3. The Morgan fingerprint density at radius 2 is 1.90 bits per heavy atom. The first kappa shape index (κ1) is 16.0. The largest absolute Gasteiger partial charge is 0.368 e. The second kappa shape index (κ2) is 8.83. The zero-order chi connectivity index (χ0) is 14.9. The first-order chi connectivity index (χ1) is 10.3. The van der Waals surface area contributed by atoms with Gasteiger partial charge in [0.15, 0.2) is 0 Å². The van der Waals surface area contributed by atoms with Crippen LogP contribution in [-0.4, -0.2) is 13.1 Å². The van der Waals surface area contributed by atoms with Gasteiger partial charge >= 0.3 is 0 Å². The summed E-state index contributed by atoms with van der Waals surface area (Å²) in [5.41, 5.74) is 2.29. The topological polar surface area (TPSA) is 21.3 Å². The fraction of sp³-hybridized carbons (Fsp3) is 0.333. The predicted octanol–water partition coefficient (Wildman–Crippen LogP) is 4.60. The van der Waals surface area contributed by atoms with Crippen molar-refractivity contribution in [2.24, 2.45) is 0 Å². The van der Waals surface area contributed by atoms with Gasteiger partial charge in [-0.1, -0.05) is 61.0 Å². The number of ether oxygens (including phenoxy) is 1. The molecule has 0 aliphatic carbocycles. The average Bonchev–Trinajstić information content (AvgIpc) is 2.52. The molecule has 0 heterocycles. The quantitative estimate of drug-likeness (QED) is 0.720. The van der Waals surface area contributed by atoms with Crippen LogP contribution in [0, 0.1) is 0 Å². The molecule has 2 rings (SSSR count). The number of hydrogen-bond acceptors (Lipinski definition) is 2.